The van der Waals surface area contributed by atoms with Crippen LogP contribution >= 0.6 is 11.6 Å². The van der Waals surface area contributed by atoms with Crippen LogP contribution in [0.3, 0.4) is 0 Å². The third-order valence-corrected chi connectivity index (χ3v) is 6.05. The Balaban J connectivity index is 2.16. The molecule has 0 aromatic heterocycles. The lowest BCUT2D eigenvalue weighted by molar-refractivity contribution is -0.141. The highest BCUT2D eigenvalue weighted by Crippen LogP contribution is 2.42. The molecule has 0 aliphatic carbocycles. The van der Waals surface area contributed by atoms with Gasteiger partial charge < -0.3 is 9.64 Å². The fraction of sp³-hybridized carbons (Fsp3) is 0.667. The number of likely N-dealkylation sites (tertiary alicyclic amines) is 1. The van der Waals surface area contributed by atoms with Crippen molar-refractivity contribution in [2.24, 2.45) is 11.3 Å². The molecule has 1 saturated heterocycles. The molecular formula is C24H37ClN2O3. The van der Waals surface area contributed by atoms with Crippen LogP contribution in [0.1, 0.15) is 66.4 Å². The van der Waals surface area contributed by atoms with E-state index in [0.29, 0.717) is 19.0 Å². The first-order valence-electron chi connectivity index (χ1n) is 10.7. The number of amides is 2. The first-order valence-corrected chi connectivity index (χ1v) is 11.1. The van der Waals surface area contributed by atoms with Gasteiger partial charge >= 0.3 is 6.09 Å². The molecule has 2 rings (SSSR count). The molecule has 2 amide bonds. The van der Waals surface area contributed by atoms with Crippen LogP contribution in [-0.2, 0) is 9.53 Å². The number of benzene rings is 1. The second kappa shape index (κ2) is 9.17. The van der Waals surface area contributed by atoms with Crippen molar-refractivity contribution in [3.63, 3.8) is 0 Å². The summed E-state index contributed by atoms with van der Waals surface area (Å²) in [4.78, 5) is 29.5. The number of carbonyl (C=O) groups is 2. The van der Waals surface area contributed by atoms with Crippen LogP contribution in [0.5, 0.6) is 0 Å². The third kappa shape index (κ3) is 5.90. The molecule has 1 heterocycles. The van der Waals surface area contributed by atoms with Crippen molar-refractivity contribution in [1.29, 1.82) is 0 Å². The van der Waals surface area contributed by atoms with Crippen LogP contribution in [0, 0.1) is 11.3 Å². The molecule has 1 aliphatic heterocycles. The molecule has 2 atom stereocenters. The van der Waals surface area contributed by atoms with Gasteiger partial charge in [-0.3, -0.25) is 9.69 Å². The van der Waals surface area contributed by atoms with Crippen LogP contribution in [0.15, 0.2) is 24.3 Å². The van der Waals surface area contributed by atoms with Crippen LogP contribution < -0.4 is 0 Å². The Morgan fingerprint density at radius 3 is 2.23 bits per heavy atom. The van der Waals surface area contributed by atoms with Crippen LogP contribution in [-0.4, -0.2) is 53.6 Å². The van der Waals surface area contributed by atoms with Gasteiger partial charge in [-0.05, 0) is 62.1 Å². The van der Waals surface area contributed by atoms with Gasteiger partial charge in [0.15, 0.2) is 0 Å². The first-order chi connectivity index (χ1) is 13.7. The third-order valence-electron chi connectivity index (χ3n) is 5.80. The number of carbonyl (C=O) groups excluding carboxylic acids is 2. The number of hydrogen-bond donors (Lipinski definition) is 0. The van der Waals surface area contributed by atoms with Crippen LogP contribution in [0.25, 0.3) is 0 Å². The van der Waals surface area contributed by atoms with Gasteiger partial charge in [-0.1, -0.05) is 51.4 Å². The smallest absolute Gasteiger partial charge is 0.410 e. The van der Waals surface area contributed by atoms with Crippen molar-refractivity contribution >= 4 is 23.6 Å². The maximum absolute atomic E-state index is 13.5. The van der Waals surface area contributed by atoms with E-state index in [1.807, 2.05) is 51.7 Å². The van der Waals surface area contributed by atoms with Crippen LogP contribution in [0.4, 0.5) is 4.79 Å². The molecule has 6 heteroatoms. The predicted molar refractivity (Wildman–Crippen MR) is 122 cm³/mol. The molecule has 168 valence electrons. The fourth-order valence-corrected chi connectivity index (χ4v) is 4.52. The van der Waals surface area contributed by atoms with Crippen molar-refractivity contribution < 1.29 is 14.3 Å². The van der Waals surface area contributed by atoms with Gasteiger partial charge in [0, 0.05) is 25.2 Å². The summed E-state index contributed by atoms with van der Waals surface area (Å²) >= 11 is 6.05. The number of likely N-dealkylation sites (N-methyl/N-ethyl adjacent to an activating group) is 1. The van der Waals surface area contributed by atoms with E-state index in [1.165, 1.54) is 10.5 Å². The Morgan fingerprint density at radius 2 is 1.77 bits per heavy atom. The number of hydrogen-bond acceptors (Lipinski definition) is 3. The summed E-state index contributed by atoms with van der Waals surface area (Å²) in [6.07, 6.45) is 0.409. The minimum atomic E-state index is -0.602. The van der Waals surface area contributed by atoms with Crippen molar-refractivity contribution in [1.82, 2.24) is 9.80 Å². The average Bonchev–Trinajstić information content (AvgIpc) is 2.60. The minimum Gasteiger partial charge on any atom is -0.444 e. The monoisotopic (exact) mass is 436 g/mol. The highest BCUT2D eigenvalue weighted by atomic mass is 35.5. The summed E-state index contributed by atoms with van der Waals surface area (Å²) in [5.41, 5.74) is 0.561. The van der Waals surface area contributed by atoms with E-state index in [-0.39, 0.29) is 17.2 Å². The lowest BCUT2D eigenvalue weighted by Gasteiger charge is -2.46. The Labute approximate surface area is 186 Å². The minimum absolute atomic E-state index is 0.0130. The maximum atomic E-state index is 13.5. The standard InChI is InChI=1S/C24H37ClN2O3/c1-16(2)20(26(8)22(29)30-23(3,4)5)21(28)27-14-13-19(24(6,7)15-27)17-9-11-18(25)12-10-17/h9-12,16,19-20H,13-15H2,1-8H3/t19?,20-/m1/s1. The van der Waals surface area contributed by atoms with Crippen molar-refractivity contribution in [2.45, 2.75) is 72.4 Å². The Hall–Kier alpha value is -1.75. The number of halogens is 1. The van der Waals surface area contributed by atoms with E-state index < -0.39 is 17.7 Å². The molecule has 1 aromatic rings. The quantitative estimate of drug-likeness (QED) is 0.619. The summed E-state index contributed by atoms with van der Waals surface area (Å²) in [6, 6.07) is 7.46. The predicted octanol–water partition coefficient (Wildman–Crippen LogP) is 5.57. The molecule has 30 heavy (non-hydrogen) atoms. The topological polar surface area (TPSA) is 49.9 Å². The molecular weight excluding hydrogens is 400 g/mol. The Bertz CT molecular complexity index is 753. The van der Waals surface area contributed by atoms with Gasteiger partial charge in [0.1, 0.15) is 11.6 Å². The maximum Gasteiger partial charge on any atom is 0.410 e. The molecule has 1 fully saturated rings. The zero-order chi connectivity index (χ0) is 22.9. The van der Waals surface area contributed by atoms with E-state index in [9.17, 15) is 9.59 Å². The molecule has 0 N–H and O–H groups in total. The van der Waals surface area contributed by atoms with E-state index >= 15 is 0 Å². The second-order valence-electron chi connectivity index (χ2n) is 10.4. The highest BCUT2D eigenvalue weighted by Gasteiger charge is 2.42. The summed E-state index contributed by atoms with van der Waals surface area (Å²) in [7, 11) is 1.66. The lowest BCUT2D eigenvalue weighted by Crippen LogP contribution is -2.56. The average molecular weight is 437 g/mol. The van der Waals surface area contributed by atoms with Gasteiger partial charge in [0.25, 0.3) is 0 Å². The number of ether oxygens (including phenoxy) is 1. The SMILES string of the molecule is CC(C)[C@H](C(=O)N1CCC(c2ccc(Cl)cc2)C(C)(C)C1)N(C)C(=O)OC(C)(C)C. The lowest BCUT2D eigenvalue weighted by atomic mass is 9.70. The van der Waals surface area contributed by atoms with Gasteiger partial charge in [0.2, 0.25) is 5.91 Å². The van der Waals surface area contributed by atoms with E-state index in [2.05, 4.69) is 26.0 Å². The Kier molecular flexibility index (Phi) is 7.49. The molecule has 1 aromatic carbocycles. The van der Waals surface area contributed by atoms with Crippen molar-refractivity contribution in [3.05, 3.63) is 34.9 Å². The van der Waals surface area contributed by atoms with E-state index in [0.717, 1.165) is 11.4 Å². The molecule has 5 nitrogen and oxygen atoms in total. The molecule has 1 aliphatic rings. The summed E-state index contributed by atoms with van der Waals surface area (Å²) < 4.78 is 5.50. The molecule has 1 unspecified atom stereocenters. The summed E-state index contributed by atoms with van der Waals surface area (Å²) in [6.45, 7) is 15.1. The van der Waals surface area contributed by atoms with Crippen molar-refractivity contribution in [3.8, 4) is 0 Å². The number of nitrogens with zero attached hydrogens (tertiary/aromatic N) is 2. The summed E-state index contributed by atoms with van der Waals surface area (Å²) in [5.74, 6) is 0.313. The van der Waals surface area contributed by atoms with Crippen molar-refractivity contribution in [2.75, 3.05) is 20.1 Å². The number of piperidine rings is 1. The molecule has 0 bridgehead atoms. The molecule has 0 saturated carbocycles. The first kappa shape index (κ1) is 24.5. The number of rotatable bonds is 4. The normalized spacial score (nSPS) is 20.1. The van der Waals surface area contributed by atoms with Gasteiger partial charge in [-0.15, -0.1) is 0 Å². The largest absolute Gasteiger partial charge is 0.444 e. The van der Waals surface area contributed by atoms with Crippen LogP contribution in [0.2, 0.25) is 5.02 Å². The zero-order valence-electron chi connectivity index (χ0n) is 19.7. The van der Waals surface area contributed by atoms with Gasteiger partial charge in [-0.25, -0.2) is 4.79 Å². The van der Waals surface area contributed by atoms with Gasteiger partial charge in [-0.2, -0.15) is 0 Å². The van der Waals surface area contributed by atoms with E-state index in [4.69, 9.17) is 16.3 Å². The molecule has 0 radical (unpaired) electrons. The van der Waals surface area contributed by atoms with E-state index in [1.54, 1.807) is 7.05 Å². The Morgan fingerprint density at radius 1 is 1.20 bits per heavy atom. The molecule has 0 spiro atoms. The summed E-state index contributed by atoms with van der Waals surface area (Å²) in [5, 5.41) is 0.731. The zero-order valence-corrected chi connectivity index (χ0v) is 20.4. The van der Waals surface area contributed by atoms with Gasteiger partial charge in [0.05, 0.1) is 0 Å². The second-order valence-corrected chi connectivity index (χ2v) is 10.9. The fourth-order valence-electron chi connectivity index (χ4n) is 4.39. The highest BCUT2D eigenvalue weighted by molar-refractivity contribution is 6.30.